The number of nitrogens with one attached hydrogen (secondary N) is 1. The number of thioether (sulfide) groups is 1. The molecule has 0 radical (unpaired) electrons. The molecule has 1 aromatic carbocycles. The molecule has 2 aliphatic heterocycles. The molecule has 17 heavy (non-hydrogen) atoms. The summed E-state index contributed by atoms with van der Waals surface area (Å²) in [5.74, 6) is 0. The molecule has 1 aromatic rings. The average molecular weight is 335 g/mol. The highest BCUT2D eigenvalue weighted by Gasteiger charge is 2.33. The van der Waals surface area contributed by atoms with Crippen LogP contribution in [0.25, 0.3) is 0 Å². The molecule has 2 unspecified atom stereocenters. The van der Waals surface area contributed by atoms with E-state index in [-0.39, 0.29) is 12.4 Å². The number of benzene rings is 1. The number of hydrogen-bond acceptors (Lipinski definition) is 2. The van der Waals surface area contributed by atoms with Crippen LogP contribution in [0.2, 0.25) is 0 Å². The molecule has 3 rings (SSSR count). The first-order valence-electron chi connectivity index (χ1n) is 5.98. The lowest BCUT2D eigenvalue weighted by Crippen LogP contribution is -2.39. The fourth-order valence-electron chi connectivity index (χ4n) is 2.81. The Hall–Kier alpha value is 0.300. The molecule has 94 valence electrons. The van der Waals surface area contributed by atoms with Gasteiger partial charge in [-0.3, -0.25) is 0 Å². The zero-order valence-corrected chi connectivity index (χ0v) is 12.8. The van der Waals surface area contributed by atoms with Crippen molar-refractivity contribution in [3.05, 3.63) is 28.7 Å². The quantitative estimate of drug-likeness (QED) is 0.868. The van der Waals surface area contributed by atoms with Gasteiger partial charge in [-0.05, 0) is 49.9 Å². The van der Waals surface area contributed by atoms with Crippen molar-refractivity contribution < 1.29 is 0 Å². The van der Waals surface area contributed by atoms with Crippen molar-refractivity contribution in [2.24, 2.45) is 0 Å². The third-order valence-corrected chi connectivity index (χ3v) is 5.34. The van der Waals surface area contributed by atoms with Gasteiger partial charge in [-0.15, -0.1) is 24.2 Å². The normalized spacial score (nSPS) is 31.0. The number of fused-ring (bicyclic) bond motifs is 2. The number of halogens is 2. The summed E-state index contributed by atoms with van der Waals surface area (Å²) in [6.45, 7) is 0. The third-order valence-electron chi connectivity index (χ3n) is 3.55. The second kappa shape index (κ2) is 5.96. The van der Waals surface area contributed by atoms with Gasteiger partial charge in [-0.25, -0.2) is 0 Å². The van der Waals surface area contributed by atoms with Gasteiger partial charge in [0.1, 0.15) is 0 Å². The van der Waals surface area contributed by atoms with Crippen LogP contribution in [0.1, 0.15) is 25.7 Å². The van der Waals surface area contributed by atoms with Crippen molar-refractivity contribution in [1.29, 1.82) is 0 Å². The lowest BCUT2D eigenvalue weighted by Gasteiger charge is -2.28. The Morgan fingerprint density at radius 1 is 1.06 bits per heavy atom. The van der Waals surface area contributed by atoms with Crippen LogP contribution in [-0.2, 0) is 0 Å². The molecular weight excluding hydrogens is 318 g/mol. The van der Waals surface area contributed by atoms with Crippen LogP contribution in [-0.4, -0.2) is 17.3 Å². The van der Waals surface area contributed by atoms with E-state index in [1.54, 1.807) is 0 Å². The summed E-state index contributed by atoms with van der Waals surface area (Å²) in [7, 11) is 0. The van der Waals surface area contributed by atoms with E-state index in [0.717, 1.165) is 17.3 Å². The molecule has 2 saturated heterocycles. The maximum atomic E-state index is 3.69. The van der Waals surface area contributed by atoms with Crippen molar-refractivity contribution in [2.75, 3.05) is 0 Å². The average Bonchev–Trinajstić information content (AvgIpc) is 2.62. The molecule has 0 aliphatic carbocycles. The van der Waals surface area contributed by atoms with Gasteiger partial charge >= 0.3 is 0 Å². The minimum atomic E-state index is 0. The molecule has 1 nitrogen and oxygen atoms in total. The van der Waals surface area contributed by atoms with Crippen LogP contribution in [0.5, 0.6) is 0 Å². The monoisotopic (exact) mass is 333 g/mol. The van der Waals surface area contributed by atoms with Gasteiger partial charge in [-0.1, -0.05) is 15.9 Å². The summed E-state index contributed by atoms with van der Waals surface area (Å²) < 4.78 is 1.17. The second-order valence-electron chi connectivity index (χ2n) is 4.80. The molecule has 2 heterocycles. The highest BCUT2D eigenvalue weighted by molar-refractivity contribution is 9.10. The zero-order chi connectivity index (χ0) is 11.0. The summed E-state index contributed by atoms with van der Waals surface area (Å²) >= 11 is 5.54. The lowest BCUT2D eigenvalue weighted by molar-refractivity contribution is 0.415. The Bertz CT molecular complexity index is 358. The maximum Gasteiger partial charge on any atom is 0.0176 e. The largest absolute Gasteiger partial charge is 0.311 e. The molecule has 2 aliphatic rings. The topological polar surface area (TPSA) is 12.0 Å². The Labute approximate surface area is 122 Å². The Morgan fingerprint density at radius 2 is 1.65 bits per heavy atom. The van der Waals surface area contributed by atoms with Crippen LogP contribution in [0.3, 0.4) is 0 Å². The van der Waals surface area contributed by atoms with Crippen molar-refractivity contribution >= 4 is 40.1 Å². The standard InChI is InChI=1S/C13H16BrNS.ClH/c14-9-1-5-12(6-2-9)16-13-7-10-3-4-11(8-13)15-10;/h1-2,5-6,10-11,13,15H,3-4,7-8H2;1H. The first-order chi connectivity index (χ1) is 7.79. The van der Waals surface area contributed by atoms with Crippen LogP contribution in [0.4, 0.5) is 0 Å². The Balaban J connectivity index is 0.00000108. The summed E-state index contributed by atoms with van der Waals surface area (Å²) in [6.07, 6.45) is 5.47. The highest BCUT2D eigenvalue weighted by Crippen LogP contribution is 2.37. The van der Waals surface area contributed by atoms with Crippen LogP contribution in [0, 0.1) is 0 Å². The van der Waals surface area contributed by atoms with Gasteiger partial charge in [0.25, 0.3) is 0 Å². The van der Waals surface area contributed by atoms with E-state index in [4.69, 9.17) is 0 Å². The number of piperidine rings is 1. The molecule has 0 amide bonds. The predicted molar refractivity (Wildman–Crippen MR) is 80.2 cm³/mol. The van der Waals surface area contributed by atoms with Crippen molar-refractivity contribution in [1.82, 2.24) is 5.32 Å². The molecule has 0 saturated carbocycles. The van der Waals surface area contributed by atoms with Crippen molar-refractivity contribution in [3.63, 3.8) is 0 Å². The molecule has 2 atom stereocenters. The summed E-state index contributed by atoms with van der Waals surface area (Å²) in [6, 6.07) is 10.3. The first kappa shape index (κ1) is 13.7. The highest BCUT2D eigenvalue weighted by atomic mass is 79.9. The first-order valence-corrected chi connectivity index (χ1v) is 7.65. The fraction of sp³-hybridized carbons (Fsp3) is 0.538. The van der Waals surface area contributed by atoms with Gasteiger partial charge < -0.3 is 5.32 Å². The molecule has 4 heteroatoms. The molecule has 0 spiro atoms. The molecular formula is C13H17BrClNS. The summed E-state index contributed by atoms with van der Waals surface area (Å²) in [4.78, 5) is 1.41. The minimum Gasteiger partial charge on any atom is -0.311 e. The van der Waals surface area contributed by atoms with Gasteiger partial charge in [0.15, 0.2) is 0 Å². The van der Waals surface area contributed by atoms with E-state index in [1.165, 1.54) is 35.1 Å². The summed E-state index contributed by atoms with van der Waals surface area (Å²) in [5.41, 5.74) is 0. The van der Waals surface area contributed by atoms with E-state index in [0.29, 0.717) is 0 Å². The molecule has 1 N–H and O–H groups in total. The second-order valence-corrected chi connectivity index (χ2v) is 7.09. The van der Waals surface area contributed by atoms with Gasteiger partial charge in [0, 0.05) is 26.7 Å². The van der Waals surface area contributed by atoms with Gasteiger partial charge in [0.05, 0.1) is 0 Å². The minimum absolute atomic E-state index is 0. The van der Waals surface area contributed by atoms with Crippen LogP contribution >= 0.6 is 40.1 Å². The van der Waals surface area contributed by atoms with E-state index in [9.17, 15) is 0 Å². The van der Waals surface area contributed by atoms with Crippen molar-refractivity contribution in [3.8, 4) is 0 Å². The van der Waals surface area contributed by atoms with Crippen LogP contribution in [0.15, 0.2) is 33.6 Å². The molecule has 0 aromatic heterocycles. The SMILES string of the molecule is Brc1ccc(SC2CC3CCC(C2)N3)cc1.Cl. The predicted octanol–water partition coefficient (Wildman–Crippen LogP) is 4.25. The van der Waals surface area contributed by atoms with E-state index in [2.05, 4.69) is 57.3 Å². The van der Waals surface area contributed by atoms with E-state index >= 15 is 0 Å². The van der Waals surface area contributed by atoms with Crippen molar-refractivity contribution in [2.45, 2.75) is 47.9 Å². The van der Waals surface area contributed by atoms with Gasteiger partial charge in [0.2, 0.25) is 0 Å². The maximum absolute atomic E-state index is 3.69. The molecule has 2 bridgehead atoms. The fourth-order valence-corrected chi connectivity index (χ4v) is 4.41. The van der Waals surface area contributed by atoms with Crippen LogP contribution < -0.4 is 5.32 Å². The summed E-state index contributed by atoms with van der Waals surface area (Å²) in [5, 5.41) is 4.51. The number of hydrogen-bond donors (Lipinski definition) is 1. The lowest BCUT2D eigenvalue weighted by atomic mass is 10.1. The van der Waals surface area contributed by atoms with Gasteiger partial charge in [-0.2, -0.15) is 0 Å². The number of rotatable bonds is 2. The van der Waals surface area contributed by atoms with E-state index < -0.39 is 0 Å². The van der Waals surface area contributed by atoms with E-state index in [1.807, 2.05) is 0 Å². The Kier molecular flexibility index (Phi) is 4.81. The zero-order valence-electron chi connectivity index (χ0n) is 9.56. The third kappa shape index (κ3) is 3.40. The Morgan fingerprint density at radius 3 is 2.24 bits per heavy atom. The smallest absolute Gasteiger partial charge is 0.0176 e. The molecule has 2 fully saturated rings.